The first-order valence-electron chi connectivity index (χ1n) is 7.32. The van der Waals surface area contributed by atoms with Gasteiger partial charge in [0.25, 0.3) is 0 Å². The number of carbonyl (C=O) groups is 1. The third-order valence-electron chi connectivity index (χ3n) is 4.04. The van der Waals surface area contributed by atoms with Gasteiger partial charge in [-0.25, -0.2) is 0 Å². The number of rotatable bonds is 3. The van der Waals surface area contributed by atoms with Crippen molar-refractivity contribution in [2.75, 3.05) is 13.2 Å². The van der Waals surface area contributed by atoms with E-state index in [2.05, 4.69) is 29.7 Å². The second kappa shape index (κ2) is 7.26. The molecule has 1 aliphatic heterocycles. The third-order valence-corrected chi connectivity index (χ3v) is 4.04. The van der Waals surface area contributed by atoms with Crippen LogP contribution >= 0.6 is 0 Å². The van der Waals surface area contributed by atoms with Crippen molar-refractivity contribution in [2.24, 2.45) is 11.7 Å². The van der Waals surface area contributed by atoms with Crippen LogP contribution in [0.3, 0.4) is 0 Å². The molecule has 2 atom stereocenters. The van der Waals surface area contributed by atoms with Crippen LogP contribution in [0, 0.1) is 17.8 Å². The summed E-state index contributed by atoms with van der Waals surface area (Å²) in [7, 11) is 0. The minimum atomic E-state index is -0.200. The van der Waals surface area contributed by atoms with Crippen molar-refractivity contribution >= 4 is 5.91 Å². The minimum Gasteiger partial charge on any atom is -0.384 e. The summed E-state index contributed by atoms with van der Waals surface area (Å²) in [4.78, 5) is 13.7. The zero-order chi connectivity index (χ0) is 15.2. The molecule has 1 aromatic carbocycles. The van der Waals surface area contributed by atoms with E-state index in [0.717, 1.165) is 37.1 Å². The molecule has 4 heteroatoms. The lowest BCUT2D eigenvalue weighted by molar-refractivity contribution is -0.124. The van der Waals surface area contributed by atoms with Gasteiger partial charge in [0.15, 0.2) is 0 Å². The highest BCUT2D eigenvalue weighted by molar-refractivity contribution is 5.77. The van der Waals surface area contributed by atoms with E-state index in [4.69, 9.17) is 10.8 Å². The predicted octanol–water partition coefficient (Wildman–Crippen LogP) is 1.12. The molecule has 1 amide bonds. The number of amides is 1. The van der Waals surface area contributed by atoms with E-state index >= 15 is 0 Å². The summed E-state index contributed by atoms with van der Waals surface area (Å²) < 4.78 is 0. The van der Waals surface area contributed by atoms with E-state index in [-0.39, 0.29) is 18.4 Å². The van der Waals surface area contributed by atoms with E-state index in [1.165, 1.54) is 0 Å². The van der Waals surface area contributed by atoms with E-state index in [9.17, 15) is 4.79 Å². The molecule has 0 radical (unpaired) electrons. The van der Waals surface area contributed by atoms with Gasteiger partial charge in [-0.1, -0.05) is 24.0 Å². The highest BCUT2D eigenvalue weighted by Gasteiger charge is 2.28. The molecule has 0 aromatic heterocycles. The van der Waals surface area contributed by atoms with Gasteiger partial charge in [-0.3, -0.25) is 9.69 Å². The fraction of sp³-hybridized carbons (Fsp3) is 0.471. The number of benzene rings is 1. The van der Waals surface area contributed by atoms with Gasteiger partial charge >= 0.3 is 0 Å². The van der Waals surface area contributed by atoms with Crippen molar-refractivity contribution in [1.82, 2.24) is 4.90 Å². The topological polar surface area (TPSA) is 66.6 Å². The average molecular weight is 286 g/mol. The number of carbonyl (C=O) groups excluding carboxylic acids is 1. The third kappa shape index (κ3) is 4.32. The molecule has 0 spiro atoms. The van der Waals surface area contributed by atoms with Crippen LogP contribution in [0.15, 0.2) is 24.3 Å². The van der Waals surface area contributed by atoms with Crippen LogP contribution in [0.4, 0.5) is 0 Å². The number of likely N-dealkylation sites (tertiary alicyclic amines) is 1. The molecule has 0 saturated carbocycles. The maximum atomic E-state index is 11.4. The Morgan fingerprint density at radius 1 is 1.48 bits per heavy atom. The number of nitrogens with zero attached hydrogens (tertiary/aromatic N) is 1. The van der Waals surface area contributed by atoms with Crippen molar-refractivity contribution in [2.45, 2.75) is 32.4 Å². The first-order valence-corrected chi connectivity index (χ1v) is 7.32. The summed E-state index contributed by atoms with van der Waals surface area (Å²) in [6, 6.07) is 8.44. The first-order chi connectivity index (χ1) is 10.1. The molecule has 1 saturated heterocycles. The summed E-state index contributed by atoms with van der Waals surface area (Å²) in [5, 5.41) is 8.75. The van der Waals surface area contributed by atoms with Crippen LogP contribution in [0.1, 0.15) is 30.9 Å². The van der Waals surface area contributed by atoms with Gasteiger partial charge in [0.1, 0.15) is 6.61 Å². The summed E-state index contributed by atoms with van der Waals surface area (Å²) in [6.07, 6.45) is 1.88. The molecule has 1 fully saturated rings. The molecule has 2 unspecified atom stereocenters. The molecule has 112 valence electrons. The molecular weight excluding hydrogens is 264 g/mol. The summed E-state index contributed by atoms with van der Waals surface area (Å²) >= 11 is 0. The number of piperidine rings is 1. The van der Waals surface area contributed by atoms with E-state index < -0.39 is 0 Å². The maximum absolute atomic E-state index is 11.4. The Morgan fingerprint density at radius 3 is 3.00 bits per heavy atom. The maximum Gasteiger partial charge on any atom is 0.221 e. The molecule has 1 heterocycles. The van der Waals surface area contributed by atoms with E-state index in [1.807, 2.05) is 18.2 Å². The van der Waals surface area contributed by atoms with Gasteiger partial charge in [0.05, 0.1) is 5.92 Å². The van der Waals surface area contributed by atoms with Crippen molar-refractivity contribution in [3.8, 4) is 11.8 Å². The highest BCUT2D eigenvalue weighted by atomic mass is 16.2. The smallest absolute Gasteiger partial charge is 0.221 e. The Balaban J connectivity index is 2.07. The molecule has 3 N–H and O–H groups in total. The standard InChI is InChI=1S/C17H22N2O2/c1-13-7-8-16(17(18)21)12-19(13)11-15-5-2-4-14(10-15)6-3-9-20/h2,4-5,10,13,16,20H,7-9,11-12H2,1H3,(H2,18,21). The summed E-state index contributed by atoms with van der Waals surface area (Å²) in [5.41, 5.74) is 7.50. The Bertz CT molecular complexity index is 559. The lowest BCUT2D eigenvalue weighted by Gasteiger charge is -2.36. The molecule has 0 aliphatic carbocycles. The van der Waals surface area contributed by atoms with Gasteiger partial charge in [-0.05, 0) is 37.5 Å². The molecule has 1 aromatic rings. The predicted molar refractivity (Wildman–Crippen MR) is 82.2 cm³/mol. The Labute approximate surface area is 125 Å². The molecule has 4 nitrogen and oxygen atoms in total. The van der Waals surface area contributed by atoms with Gasteiger partial charge in [-0.15, -0.1) is 0 Å². The SMILES string of the molecule is CC1CCC(C(N)=O)CN1Cc1cccc(C#CCO)c1. The highest BCUT2D eigenvalue weighted by Crippen LogP contribution is 2.23. The number of primary amides is 1. The lowest BCUT2D eigenvalue weighted by Crippen LogP contribution is -2.45. The van der Waals surface area contributed by atoms with Crippen LogP contribution in [0.25, 0.3) is 0 Å². The largest absolute Gasteiger partial charge is 0.384 e. The van der Waals surface area contributed by atoms with Gasteiger partial charge in [0, 0.05) is 24.7 Å². The zero-order valence-corrected chi connectivity index (χ0v) is 12.4. The number of hydrogen-bond acceptors (Lipinski definition) is 3. The second-order valence-electron chi connectivity index (χ2n) is 5.62. The molecule has 21 heavy (non-hydrogen) atoms. The zero-order valence-electron chi connectivity index (χ0n) is 12.4. The second-order valence-corrected chi connectivity index (χ2v) is 5.62. The first kappa shape index (κ1) is 15.6. The van der Waals surface area contributed by atoms with Crippen molar-refractivity contribution in [3.63, 3.8) is 0 Å². The quantitative estimate of drug-likeness (QED) is 0.818. The Hall–Kier alpha value is -1.83. The van der Waals surface area contributed by atoms with Crippen LogP contribution in [-0.4, -0.2) is 35.1 Å². The lowest BCUT2D eigenvalue weighted by atomic mass is 9.92. The summed E-state index contributed by atoms with van der Waals surface area (Å²) in [6.45, 7) is 3.57. The fourth-order valence-corrected chi connectivity index (χ4v) is 2.76. The minimum absolute atomic E-state index is 0.0430. The van der Waals surface area contributed by atoms with Crippen molar-refractivity contribution < 1.29 is 9.90 Å². The molecule has 0 bridgehead atoms. The van der Waals surface area contributed by atoms with Crippen molar-refractivity contribution in [1.29, 1.82) is 0 Å². The average Bonchev–Trinajstić information content (AvgIpc) is 2.47. The van der Waals surface area contributed by atoms with Crippen LogP contribution in [0.2, 0.25) is 0 Å². The van der Waals surface area contributed by atoms with Crippen LogP contribution in [0.5, 0.6) is 0 Å². The normalized spacial score (nSPS) is 22.4. The molecule has 1 aliphatic rings. The monoisotopic (exact) mass is 286 g/mol. The van der Waals surface area contributed by atoms with Gasteiger partial charge in [-0.2, -0.15) is 0 Å². The van der Waals surface area contributed by atoms with E-state index in [1.54, 1.807) is 0 Å². The molecule has 2 rings (SSSR count). The van der Waals surface area contributed by atoms with Gasteiger partial charge < -0.3 is 10.8 Å². The number of hydrogen-bond donors (Lipinski definition) is 2. The number of nitrogens with two attached hydrogens (primary N) is 1. The van der Waals surface area contributed by atoms with E-state index in [0.29, 0.717) is 6.04 Å². The number of aliphatic hydroxyl groups excluding tert-OH is 1. The summed E-state index contributed by atoms with van der Waals surface area (Å²) in [5.74, 6) is 5.33. The fourth-order valence-electron chi connectivity index (χ4n) is 2.76. The Morgan fingerprint density at radius 2 is 2.29 bits per heavy atom. The molecular formula is C17H22N2O2. The van der Waals surface area contributed by atoms with Crippen LogP contribution in [-0.2, 0) is 11.3 Å². The van der Waals surface area contributed by atoms with Gasteiger partial charge in [0.2, 0.25) is 5.91 Å². The Kier molecular flexibility index (Phi) is 5.38. The van der Waals surface area contributed by atoms with Crippen molar-refractivity contribution in [3.05, 3.63) is 35.4 Å². The number of aliphatic hydroxyl groups is 1. The van der Waals surface area contributed by atoms with Crippen LogP contribution < -0.4 is 5.73 Å².